The first-order valence-electron chi connectivity index (χ1n) is 8.96. The third kappa shape index (κ3) is 4.02. The van der Waals surface area contributed by atoms with E-state index < -0.39 is 9.84 Å². The molecule has 1 aromatic heterocycles. The molecule has 3 aromatic rings. The number of thiazole rings is 1. The van der Waals surface area contributed by atoms with E-state index in [0.717, 1.165) is 20.8 Å². The average Bonchev–Trinajstić information content (AvgIpc) is 3.28. The first kappa shape index (κ1) is 18.9. The van der Waals surface area contributed by atoms with E-state index in [-0.39, 0.29) is 30.1 Å². The Morgan fingerprint density at radius 1 is 1.21 bits per heavy atom. The minimum absolute atomic E-state index is 0.0338. The molecule has 2 heterocycles. The van der Waals surface area contributed by atoms with Gasteiger partial charge in [-0.25, -0.2) is 13.4 Å². The van der Waals surface area contributed by atoms with Crippen molar-refractivity contribution in [1.29, 1.82) is 0 Å². The van der Waals surface area contributed by atoms with Crippen LogP contribution in [0.3, 0.4) is 0 Å². The van der Waals surface area contributed by atoms with Crippen molar-refractivity contribution in [3.8, 4) is 16.3 Å². The molecule has 0 radical (unpaired) electrons. The van der Waals surface area contributed by atoms with E-state index in [1.54, 1.807) is 18.4 Å². The van der Waals surface area contributed by atoms with Gasteiger partial charge in [-0.3, -0.25) is 4.79 Å². The van der Waals surface area contributed by atoms with Crippen LogP contribution < -0.4 is 4.74 Å². The smallest absolute Gasteiger partial charge is 0.260 e. The highest BCUT2D eigenvalue weighted by Crippen LogP contribution is 2.30. The average molecular weight is 417 g/mol. The highest BCUT2D eigenvalue weighted by Gasteiger charge is 2.32. The number of likely N-dealkylation sites (N-methyl/N-ethyl adjacent to an activating group) is 1. The van der Waals surface area contributed by atoms with Gasteiger partial charge in [-0.15, -0.1) is 11.3 Å². The third-order valence-electron chi connectivity index (χ3n) is 4.91. The van der Waals surface area contributed by atoms with Crippen LogP contribution >= 0.6 is 11.3 Å². The molecule has 2 aromatic carbocycles. The Kier molecular flexibility index (Phi) is 5.07. The summed E-state index contributed by atoms with van der Waals surface area (Å²) in [4.78, 5) is 18.4. The van der Waals surface area contributed by atoms with Crippen LogP contribution in [0.4, 0.5) is 0 Å². The first-order valence-corrected chi connectivity index (χ1v) is 11.6. The van der Waals surface area contributed by atoms with Gasteiger partial charge in [0.2, 0.25) is 0 Å². The molecule has 1 aliphatic rings. The molecule has 0 spiro atoms. The number of ether oxygens (including phenoxy) is 1. The number of amides is 1. The lowest BCUT2D eigenvalue weighted by Gasteiger charge is -2.23. The predicted molar refractivity (Wildman–Crippen MR) is 110 cm³/mol. The van der Waals surface area contributed by atoms with E-state index >= 15 is 0 Å². The summed E-state index contributed by atoms with van der Waals surface area (Å²) in [5.74, 6) is 0.540. The van der Waals surface area contributed by atoms with Crippen molar-refractivity contribution >= 4 is 37.3 Å². The summed E-state index contributed by atoms with van der Waals surface area (Å²) in [6.45, 7) is -0.118. The molecule has 0 saturated carbocycles. The molecule has 4 rings (SSSR count). The maximum Gasteiger partial charge on any atom is 0.260 e. The molecule has 28 heavy (non-hydrogen) atoms. The van der Waals surface area contributed by atoms with Crippen molar-refractivity contribution < 1.29 is 17.9 Å². The molecule has 146 valence electrons. The predicted octanol–water partition coefficient (Wildman–Crippen LogP) is 2.99. The topological polar surface area (TPSA) is 76.6 Å². The summed E-state index contributed by atoms with van der Waals surface area (Å²) >= 11 is 1.63. The van der Waals surface area contributed by atoms with Gasteiger partial charge in [-0.05, 0) is 42.8 Å². The van der Waals surface area contributed by atoms with Crippen molar-refractivity contribution in [2.45, 2.75) is 12.5 Å². The molecule has 1 atom stereocenters. The number of rotatable bonds is 5. The highest BCUT2D eigenvalue weighted by atomic mass is 32.2. The van der Waals surface area contributed by atoms with Crippen LogP contribution in [0.5, 0.6) is 5.75 Å². The summed E-state index contributed by atoms with van der Waals surface area (Å²) in [7, 11) is -1.39. The van der Waals surface area contributed by atoms with Crippen LogP contribution in [-0.2, 0) is 14.6 Å². The van der Waals surface area contributed by atoms with Crippen molar-refractivity contribution in [1.82, 2.24) is 9.88 Å². The lowest BCUT2D eigenvalue weighted by molar-refractivity contribution is -0.133. The number of nitrogens with zero attached hydrogens (tertiary/aromatic N) is 2. The van der Waals surface area contributed by atoms with Gasteiger partial charge in [0, 0.05) is 18.7 Å². The van der Waals surface area contributed by atoms with E-state index in [1.165, 1.54) is 4.90 Å². The summed E-state index contributed by atoms with van der Waals surface area (Å²) in [5.41, 5.74) is 1.97. The zero-order valence-electron chi connectivity index (χ0n) is 15.4. The maximum absolute atomic E-state index is 12.3. The number of benzene rings is 2. The Labute approximate surface area is 167 Å². The van der Waals surface area contributed by atoms with Crippen LogP contribution in [-0.4, -0.2) is 55.4 Å². The molecular weight excluding hydrogens is 396 g/mol. The number of carbonyl (C=O) groups is 1. The van der Waals surface area contributed by atoms with E-state index in [4.69, 9.17) is 4.74 Å². The molecule has 6 nitrogen and oxygen atoms in total. The Balaban J connectivity index is 1.37. The number of para-hydroxylation sites is 1. The SMILES string of the molecule is CN(C(=O)COc1ccc(-c2nc3ccccc3s2)cc1)[C@H]1CCS(=O)(=O)C1. The molecule has 0 unspecified atom stereocenters. The standard InChI is InChI=1S/C20H20N2O4S2/c1-22(15-10-11-28(24,25)13-15)19(23)12-26-16-8-6-14(7-9-16)20-21-17-4-2-3-5-18(17)27-20/h2-9,15H,10-13H2,1H3/t15-/m0/s1. The minimum atomic E-state index is -3.02. The minimum Gasteiger partial charge on any atom is -0.484 e. The molecule has 0 N–H and O–H groups in total. The first-order chi connectivity index (χ1) is 13.4. The molecule has 1 amide bonds. The van der Waals surface area contributed by atoms with E-state index in [9.17, 15) is 13.2 Å². The quantitative estimate of drug-likeness (QED) is 0.639. The monoisotopic (exact) mass is 416 g/mol. The summed E-state index contributed by atoms with van der Waals surface area (Å²) in [6, 6.07) is 15.2. The number of sulfone groups is 1. The Hall–Kier alpha value is -2.45. The van der Waals surface area contributed by atoms with Gasteiger partial charge in [-0.2, -0.15) is 0 Å². The number of aromatic nitrogens is 1. The fraction of sp³-hybridized carbons (Fsp3) is 0.300. The zero-order valence-corrected chi connectivity index (χ0v) is 17.0. The van der Waals surface area contributed by atoms with Crippen LogP contribution in [0.2, 0.25) is 0 Å². The summed E-state index contributed by atoms with van der Waals surface area (Å²) in [5, 5.41) is 0.936. The van der Waals surface area contributed by atoms with Crippen LogP contribution in [0, 0.1) is 0 Å². The second-order valence-corrected chi connectivity index (χ2v) is 10.1. The maximum atomic E-state index is 12.3. The molecule has 1 aliphatic heterocycles. The highest BCUT2D eigenvalue weighted by molar-refractivity contribution is 7.91. The van der Waals surface area contributed by atoms with E-state index in [2.05, 4.69) is 4.98 Å². The lowest BCUT2D eigenvalue weighted by Crippen LogP contribution is -2.40. The fourth-order valence-electron chi connectivity index (χ4n) is 3.22. The van der Waals surface area contributed by atoms with Gasteiger partial charge in [0.05, 0.1) is 21.7 Å². The molecular formula is C20H20N2O4S2. The van der Waals surface area contributed by atoms with Gasteiger partial charge in [0.15, 0.2) is 16.4 Å². The molecule has 8 heteroatoms. The number of fused-ring (bicyclic) bond motifs is 1. The van der Waals surface area contributed by atoms with Crippen molar-refractivity contribution in [3.63, 3.8) is 0 Å². The van der Waals surface area contributed by atoms with Gasteiger partial charge < -0.3 is 9.64 Å². The Morgan fingerprint density at radius 3 is 2.64 bits per heavy atom. The third-order valence-corrected chi connectivity index (χ3v) is 7.74. The van der Waals surface area contributed by atoms with Crippen molar-refractivity contribution in [2.24, 2.45) is 0 Å². The zero-order chi connectivity index (χ0) is 19.7. The van der Waals surface area contributed by atoms with Crippen LogP contribution in [0.25, 0.3) is 20.8 Å². The normalized spacial score (nSPS) is 18.2. The molecule has 1 saturated heterocycles. The fourth-order valence-corrected chi connectivity index (χ4v) is 5.97. The van der Waals surface area contributed by atoms with Crippen molar-refractivity contribution in [2.75, 3.05) is 25.2 Å². The summed E-state index contributed by atoms with van der Waals surface area (Å²) in [6.07, 6.45) is 0.488. The largest absolute Gasteiger partial charge is 0.484 e. The van der Waals surface area contributed by atoms with E-state index in [1.807, 2.05) is 48.5 Å². The van der Waals surface area contributed by atoms with Gasteiger partial charge in [0.1, 0.15) is 10.8 Å². The van der Waals surface area contributed by atoms with Crippen LogP contribution in [0.15, 0.2) is 48.5 Å². The second-order valence-electron chi connectivity index (χ2n) is 6.86. The van der Waals surface area contributed by atoms with Crippen molar-refractivity contribution in [3.05, 3.63) is 48.5 Å². The number of hydrogen-bond donors (Lipinski definition) is 0. The number of carbonyl (C=O) groups excluding carboxylic acids is 1. The molecule has 0 bridgehead atoms. The Morgan fingerprint density at radius 2 is 1.96 bits per heavy atom. The Bertz CT molecular complexity index is 1070. The van der Waals surface area contributed by atoms with Gasteiger partial charge >= 0.3 is 0 Å². The lowest BCUT2D eigenvalue weighted by atomic mass is 10.2. The number of hydrogen-bond acceptors (Lipinski definition) is 6. The molecule has 0 aliphatic carbocycles. The van der Waals surface area contributed by atoms with Gasteiger partial charge in [0.25, 0.3) is 5.91 Å². The van der Waals surface area contributed by atoms with Crippen LogP contribution in [0.1, 0.15) is 6.42 Å². The summed E-state index contributed by atoms with van der Waals surface area (Å²) < 4.78 is 29.9. The van der Waals surface area contributed by atoms with E-state index in [0.29, 0.717) is 12.2 Å². The molecule has 1 fully saturated rings. The second kappa shape index (κ2) is 7.52. The van der Waals surface area contributed by atoms with Gasteiger partial charge in [-0.1, -0.05) is 12.1 Å².